The van der Waals surface area contributed by atoms with Gasteiger partial charge in [0.2, 0.25) is 0 Å². The summed E-state index contributed by atoms with van der Waals surface area (Å²) in [6.07, 6.45) is 4.85. The first-order valence-electron chi connectivity index (χ1n) is 5.80. The molecule has 0 radical (unpaired) electrons. The Morgan fingerprint density at radius 2 is 2.07 bits per heavy atom. The lowest BCUT2D eigenvalue weighted by Crippen LogP contribution is -2.36. The zero-order valence-electron chi connectivity index (χ0n) is 9.55. The van der Waals surface area contributed by atoms with Crippen LogP contribution in [0.2, 0.25) is 0 Å². The molecule has 1 aliphatic carbocycles. The minimum absolute atomic E-state index is 0.366. The summed E-state index contributed by atoms with van der Waals surface area (Å²) in [4.78, 5) is 11.4. The van der Waals surface area contributed by atoms with E-state index in [0.29, 0.717) is 11.8 Å². The van der Waals surface area contributed by atoms with E-state index < -0.39 is 11.4 Å². The first kappa shape index (κ1) is 11.5. The second-order valence-corrected chi connectivity index (χ2v) is 4.82. The zero-order chi connectivity index (χ0) is 10.8. The van der Waals surface area contributed by atoms with Gasteiger partial charge in [-0.05, 0) is 31.1 Å². The fraction of sp³-hybridized carbons (Fsp3) is 0.917. The maximum absolute atomic E-state index is 11.4. The standard InChI is InChI=1S/C12H22O2/c1-4-10(5-2)12(11(13)14)7-6-9(3)8-12/h9-10H,4-8H2,1-3H3,(H,13,14). The van der Waals surface area contributed by atoms with Crippen LogP contribution in [0.5, 0.6) is 0 Å². The molecule has 0 saturated heterocycles. The van der Waals surface area contributed by atoms with Crippen molar-refractivity contribution in [3.8, 4) is 0 Å². The molecule has 2 heteroatoms. The molecule has 0 amide bonds. The minimum Gasteiger partial charge on any atom is -0.481 e. The number of carbonyl (C=O) groups is 1. The lowest BCUT2D eigenvalue weighted by molar-refractivity contribution is -0.152. The largest absolute Gasteiger partial charge is 0.481 e. The van der Waals surface area contributed by atoms with E-state index in [1.807, 2.05) is 0 Å². The van der Waals surface area contributed by atoms with Gasteiger partial charge in [0.1, 0.15) is 0 Å². The molecule has 1 saturated carbocycles. The molecule has 82 valence electrons. The zero-order valence-corrected chi connectivity index (χ0v) is 9.55. The Labute approximate surface area is 86.7 Å². The second kappa shape index (κ2) is 4.33. The summed E-state index contributed by atoms with van der Waals surface area (Å²) in [6.45, 7) is 6.40. The molecule has 0 aliphatic heterocycles. The molecule has 0 aromatic carbocycles. The molecule has 0 bridgehead atoms. The third-order valence-corrected chi connectivity index (χ3v) is 3.99. The van der Waals surface area contributed by atoms with Gasteiger partial charge < -0.3 is 5.11 Å². The maximum atomic E-state index is 11.4. The molecule has 14 heavy (non-hydrogen) atoms. The van der Waals surface area contributed by atoms with Crippen LogP contribution in [0.3, 0.4) is 0 Å². The van der Waals surface area contributed by atoms with Gasteiger partial charge in [-0.1, -0.05) is 33.6 Å². The molecule has 1 fully saturated rings. The minimum atomic E-state index is -0.560. The molecule has 2 nitrogen and oxygen atoms in total. The fourth-order valence-corrected chi connectivity index (χ4v) is 3.14. The molecule has 1 rings (SSSR count). The predicted molar refractivity (Wildman–Crippen MR) is 57.2 cm³/mol. The third kappa shape index (κ3) is 1.79. The van der Waals surface area contributed by atoms with E-state index in [4.69, 9.17) is 0 Å². The van der Waals surface area contributed by atoms with Crippen molar-refractivity contribution < 1.29 is 9.90 Å². The fourth-order valence-electron chi connectivity index (χ4n) is 3.14. The molecular formula is C12H22O2. The van der Waals surface area contributed by atoms with Gasteiger partial charge in [-0.15, -0.1) is 0 Å². The average molecular weight is 198 g/mol. The molecule has 1 N–H and O–H groups in total. The Hall–Kier alpha value is -0.530. The van der Waals surface area contributed by atoms with Crippen molar-refractivity contribution >= 4 is 5.97 Å². The van der Waals surface area contributed by atoms with E-state index in [-0.39, 0.29) is 0 Å². The van der Waals surface area contributed by atoms with Crippen molar-refractivity contribution in [1.82, 2.24) is 0 Å². The van der Waals surface area contributed by atoms with Gasteiger partial charge in [-0.3, -0.25) is 4.79 Å². The second-order valence-electron chi connectivity index (χ2n) is 4.82. The monoisotopic (exact) mass is 198 g/mol. The van der Waals surface area contributed by atoms with Gasteiger partial charge >= 0.3 is 5.97 Å². The summed E-state index contributed by atoms with van der Waals surface area (Å²) in [7, 11) is 0. The van der Waals surface area contributed by atoms with E-state index in [0.717, 1.165) is 32.1 Å². The van der Waals surface area contributed by atoms with Crippen LogP contribution in [-0.4, -0.2) is 11.1 Å². The van der Waals surface area contributed by atoms with Crippen LogP contribution in [0, 0.1) is 17.3 Å². The lowest BCUT2D eigenvalue weighted by Gasteiger charge is -2.32. The van der Waals surface area contributed by atoms with Crippen LogP contribution in [0.1, 0.15) is 52.9 Å². The summed E-state index contributed by atoms with van der Waals surface area (Å²) in [6, 6.07) is 0. The predicted octanol–water partition coefficient (Wildman–Crippen LogP) is 3.31. The number of carboxylic acids is 1. The van der Waals surface area contributed by atoms with E-state index in [2.05, 4.69) is 20.8 Å². The highest BCUT2D eigenvalue weighted by atomic mass is 16.4. The van der Waals surface area contributed by atoms with Crippen LogP contribution < -0.4 is 0 Å². The highest BCUT2D eigenvalue weighted by Crippen LogP contribution is 2.49. The molecular weight excluding hydrogens is 176 g/mol. The van der Waals surface area contributed by atoms with Crippen LogP contribution in [0.25, 0.3) is 0 Å². The van der Waals surface area contributed by atoms with Gasteiger partial charge in [0.15, 0.2) is 0 Å². The van der Waals surface area contributed by atoms with E-state index in [9.17, 15) is 9.90 Å². The van der Waals surface area contributed by atoms with Gasteiger partial charge in [0.05, 0.1) is 5.41 Å². The maximum Gasteiger partial charge on any atom is 0.309 e. The number of carboxylic acid groups (broad SMARTS) is 1. The molecule has 0 aromatic rings. The average Bonchev–Trinajstić information content (AvgIpc) is 2.51. The van der Waals surface area contributed by atoms with E-state index >= 15 is 0 Å². The van der Waals surface area contributed by atoms with E-state index in [1.54, 1.807) is 0 Å². The normalized spacial score (nSPS) is 32.4. The summed E-state index contributed by atoms with van der Waals surface area (Å²) >= 11 is 0. The lowest BCUT2D eigenvalue weighted by atomic mass is 9.71. The van der Waals surface area contributed by atoms with Crippen molar-refractivity contribution in [3.05, 3.63) is 0 Å². The van der Waals surface area contributed by atoms with Crippen LogP contribution >= 0.6 is 0 Å². The Morgan fingerprint density at radius 1 is 1.50 bits per heavy atom. The van der Waals surface area contributed by atoms with Gasteiger partial charge in [0, 0.05) is 0 Å². The number of rotatable bonds is 4. The first-order valence-corrected chi connectivity index (χ1v) is 5.80. The van der Waals surface area contributed by atoms with Crippen molar-refractivity contribution in [2.24, 2.45) is 17.3 Å². The molecule has 0 heterocycles. The van der Waals surface area contributed by atoms with Crippen LogP contribution in [0.4, 0.5) is 0 Å². The summed E-state index contributed by atoms with van der Waals surface area (Å²) < 4.78 is 0. The van der Waals surface area contributed by atoms with Gasteiger partial charge in [-0.2, -0.15) is 0 Å². The number of aliphatic carboxylic acids is 1. The van der Waals surface area contributed by atoms with Crippen molar-refractivity contribution in [1.29, 1.82) is 0 Å². The summed E-state index contributed by atoms with van der Waals surface area (Å²) in [5.41, 5.74) is -0.400. The smallest absolute Gasteiger partial charge is 0.309 e. The molecule has 0 aromatic heterocycles. The van der Waals surface area contributed by atoms with Gasteiger partial charge in [-0.25, -0.2) is 0 Å². The van der Waals surface area contributed by atoms with Gasteiger partial charge in [0.25, 0.3) is 0 Å². The molecule has 2 unspecified atom stereocenters. The Kier molecular flexibility index (Phi) is 3.57. The van der Waals surface area contributed by atoms with Crippen molar-refractivity contribution in [3.63, 3.8) is 0 Å². The quantitative estimate of drug-likeness (QED) is 0.752. The van der Waals surface area contributed by atoms with Crippen molar-refractivity contribution in [2.75, 3.05) is 0 Å². The van der Waals surface area contributed by atoms with Crippen LogP contribution in [0.15, 0.2) is 0 Å². The van der Waals surface area contributed by atoms with E-state index in [1.165, 1.54) is 0 Å². The molecule has 2 atom stereocenters. The highest BCUT2D eigenvalue weighted by molar-refractivity contribution is 5.75. The number of hydrogen-bond acceptors (Lipinski definition) is 1. The summed E-state index contributed by atoms with van der Waals surface area (Å²) in [5, 5.41) is 9.41. The first-order chi connectivity index (χ1) is 6.56. The summed E-state index contributed by atoms with van der Waals surface area (Å²) in [5.74, 6) is 0.396. The molecule has 1 aliphatic rings. The van der Waals surface area contributed by atoms with Crippen molar-refractivity contribution in [2.45, 2.75) is 52.9 Å². The van der Waals surface area contributed by atoms with Crippen LogP contribution in [-0.2, 0) is 4.79 Å². The third-order valence-electron chi connectivity index (χ3n) is 3.99. The Morgan fingerprint density at radius 3 is 2.36 bits per heavy atom. The molecule has 0 spiro atoms. The Balaban J connectivity index is 2.87. The topological polar surface area (TPSA) is 37.3 Å². The highest BCUT2D eigenvalue weighted by Gasteiger charge is 2.48. The Bertz CT molecular complexity index is 208. The number of hydrogen-bond donors (Lipinski definition) is 1. The SMILES string of the molecule is CCC(CC)C1(C(=O)O)CCC(C)C1.